The summed E-state index contributed by atoms with van der Waals surface area (Å²) in [7, 11) is 1.60. The van der Waals surface area contributed by atoms with Gasteiger partial charge in [-0.2, -0.15) is 0 Å². The molecule has 124 valence electrons. The molecular formula is C20H21NO3. The number of hydrogen-bond donors (Lipinski definition) is 1. The van der Waals surface area contributed by atoms with Gasteiger partial charge >= 0.3 is 0 Å². The van der Waals surface area contributed by atoms with Crippen molar-refractivity contribution >= 4 is 12.0 Å². The van der Waals surface area contributed by atoms with E-state index in [-0.39, 0.29) is 5.91 Å². The van der Waals surface area contributed by atoms with Crippen LogP contribution in [0.2, 0.25) is 0 Å². The molecule has 0 bridgehead atoms. The van der Waals surface area contributed by atoms with Crippen LogP contribution >= 0.6 is 0 Å². The number of benzene rings is 2. The van der Waals surface area contributed by atoms with Crippen LogP contribution in [0.5, 0.6) is 11.5 Å². The highest BCUT2D eigenvalue weighted by molar-refractivity contribution is 5.94. The van der Waals surface area contributed by atoms with Crippen molar-refractivity contribution in [3.8, 4) is 11.5 Å². The molecule has 1 aliphatic heterocycles. The maximum atomic E-state index is 12.3. The number of fused-ring (bicyclic) bond motifs is 1. The molecule has 2 aromatic rings. The van der Waals surface area contributed by atoms with Crippen LogP contribution in [0.25, 0.3) is 6.08 Å². The Labute approximate surface area is 142 Å². The van der Waals surface area contributed by atoms with Gasteiger partial charge in [-0.15, -0.1) is 0 Å². The molecule has 0 spiro atoms. The van der Waals surface area contributed by atoms with Gasteiger partial charge in [0.15, 0.2) is 0 Å². The summed E-state index contributed by atoms with van der Waals surface area (Å²) < 4.78 is 11.2. The van der Waals surface area contributed by atoms with Gasteiger partial charge in [0.25, 0.3) is 5.91 Å². The first-order chi connectivity index (χ1) is 11.5. The number of hydrogen-bond acceptors (Lipinski definition) is 3. The monoisotopic (exact) mass is 323 g/mol. The molecule has 1 N–H and O–H groups in total. The smallest absolute Gasteiger partial charge is 0.251 e. The number of carbonyl (C=O) groups excluding carboxylic acids is 1. The second kappa shape index (κ2) is 6.40. The fraction of sp³-hybridized carbons (Fsp3) is 0.250. The summed E-state index contributed by atoms with van der Waals surface area (Å²) in [5.41, 5.74) is 2.21. The largest absolute Gasteiger partial charge is 0.497 e. The van der Waals surface area contributed by atoms with Gasteiger partial charge in [-0.25, -0.2) is 0 Å². The number of nitrogens with one attached hydrogen (secondary N) is 1. The summed E-state index contributed by atoms with van der Waals surface area (Å²) in [6, 6.07) is 15.0. The molecule has 0 atom stereocenters. The van der Waals surface area contributed by atoms with E-state index in [1.807, 2.05) is 38.1 Å². The predicted octanol–water partition coefficient (Wildman–Crippen LogP) is 3.68. The topological polar surface area (TPSA) is 47.6 Å². The molecular weight excluding hydrogens is 302 g/mol. The Morgan fingerprint density at radius 2 is 1.83 bits per heavy atom. The lowest BCUT2D eigenvalue weighted by molar-refractivity contribution is 0.0948. The SMILES string of the molecule is COc1ccc(C(=O)NCC2=Cc3ccccc3OC2(C)C)cc1. The van der Waals surface area contributed by atoms with Crippen LogP contribution in [0.1, 0.15) is 29.8 Å². The van der Waals surface area contributed by atoms with E-state index in [1.54, 1.807) is 31.4 Å². The van der Waals surface area contributed by atoms with E-state index in [0.29, 0.717) is 12.1 Å². The van der Waals surface area contributed by atoms with Gasteiger partial charge in [0, 0.05) is 17.7 Å². The zero-order chi connectivity index (χ0) is 17.2. The molecule has 0 saturated carbocycles. The van der Waals surface area contributed by atoms with Gasteiger partial charge in [0.05, 0.1) is 7.11 Å². The first kappa shape index (κ1) is 16.1. The van der Waals surface area contributed by atoms with Gasteiger partial charge in [0.1, 0.15) is 17.1 Å². The highest BCUT2D eigenvalue weighted by Crippen LogP contribution is 2.34. The van der Waals surface area contributed by atoms with E-state index < -0.39 is 5.60 Å². The fourth-order valence-corrected chi connectivity index (χ4v) is 2.68. The maximum absolute atomic E-state index is 12.3. The number of para-hydroxylation sites is 1. The molecule has 3 rings (SSSR count). The summed E-state index contributed by atoms with van der Waals surface area (Å²) >= 11 is 0. The van der Waals surface area contributed by atoms with Crippen LogP contribution in [0, 0.1) is 0 Å². The minimum atomic E-state index is -0.457. The minimum absolute atomic E-state index is 0.117. The van der Waals surface area contributed by atoms with Crippen molar-refractivity contribution in [1.29, 1.82) is 0 Å². The third-order valence-corrected chi connectivity index (χ3v) is 4.18. The highest BCUT2D eigenvalue weighted by Gasteiger charge is 2.30. The van der Waals surface area contributed by atoms with Gasteiger partial charge in [0.2, 0.25) is 0 Å². The molecule has 0 fully saturated rings. The van der Waals surface area contributed by atoms with E-state index in [4.69, 9.17) is 9.47 Å². The summed E-state index contributed by atoms with van der Waals surface area (Å²) in [5, 5.41) is 2.96. The average molecular weight is 323 g/mol. The number of amides is 1. The van der Waals surface area contributed by atoms with Crippen molar-refractivity contribution in [1.82, 2.24) is 5.32 Å². The number of ether oxygens (including phenoxy) is 2. The second-order valence-corrected chi connectivity index (χ2v) is 6.23. The highest BCUT2D eigenvalue weighted by atomic mass is 16.5. The Balaban J connectivity index is 1.73. The van der Waals surface area contributed by atoms with Crippen LogP contribution in [0.15, 0.2) is 54.1 Å². The Kier molecular flexibility index (Phi) is 4.30. The zero-order valence-electron chi connectivity index (χ0n) is 14.1. The van der Waals surface area contributed by atoms with E-state index >= 15 is 0 Å². The van der Waals surface area contributed by atoms with E-state index in [1.165, 1.54) is 0 Å². The van der Waals surface area contributed by atoms with Crippen molar-refractivity contribution in [2.45, 2.75) is 19.4 Å². The van der Waals surface area contributed by atoms with Gasteiger partial charge in [-0.3, -0.25) is 4.79 Å². The lowest BCUT2D eigenvalue weighted by atomic mass is 9.92. The van der Waals surface area contributed by atoms with Gasteiger partial charge < -0.3 is 14.8 Å². The fourth-order valence-electron chi connectivity index (χ4n) is 2.68. The Morgan fingerprint density at radius 1 is 1.12 bits per heavy atom. The van der Waals surface area contributed by atoms with Crippen LogP contribution in [-0.4, -0.2) is 25.2 Å². The molecule has 1 aliphatic rings. The van der Waals surface area contributed by atoms with E-state index in [2.05, 4.69) is 11.4 Å². The summed E-state index contributed by atoms with van der Waals surface area (Å²) in [6.45, 7) is 4.45. The van der Waals surface area contributed by atoms with Gasteiger partial charge in [-0.05, 0) is 55.8 Å². The average Bonchev–Trinajstić information content (AvgIpc) is 2.59. The number of carbonyl (C=O) groups is 1. The normalized spacial score (nSPS) is 14.9. The molecule has 24 heavy (non-hydrogen) atoms. The van der Waals surface area contributed by atoms with Crippen molar-refractivity contribution < 1.29 is 14.3 Å². The van der Waals surface area contributed by atoms with Crippen LogP contribution in [0.4, 0.5) is 0 Å². The Hall–Kier alpha value is -2.75. The molecule has 4 heteroatoms. The molecule has 2 aromatic carbocycles. The van der Waals surface area contributed by atoms with Crippen molar-refractivity contribution in [2.75, 3.05) is 13.7 Å². The molecule has 0 radical (unpaired) electrons. The van der Waals surface area contributed by atoms with Crippen molar-refractivity contribution in [3.63, 3.8) is 0 Å². The minimum Gasteiger partial charge on any atom is -0.497 e. The molecule has 4 nitrogen and oxygen atoms in total. The standard InChI is InChI=1S/C20H21NO3/c1-20(2)16(12-15-6-4-5-7-18(15)24-20)13-21-19(22)14-8-10-17(23-3)11-9-14/h4-12H,13H2,1-3H3,(H,21,22). The summed E-state index contributed by atoms with van der Waals surface area (Å²) in [4.78, 5) is 12.3. The molecule has 0 saturated heterocycles. The van der Waals surface area contributed by atoms with E-state index in [9.17, 15) is 4.79 Å². The van der Waals surface area contributed by atoms with Gasteiger partial charge in [-0.1, -0.05) is 18.2 Å². The quantitative estimate of drug-likeness (QED) is 0.933. The van der Waals surface area contributed by atoms with Crippen molar-refractivity contribution in [2.24, 2.45) is 0 Å². The lowest BCUT2D eigenvalue weighted by Gasteiger charge is -2.34. The van der Waals surface area contributed by atoms with E-state index in [0.717, 1.165) is 22.6 Å². The molecule has 0 unspecified atom stereocenters. The molecule has 1 amide bonds. The molecule has 0 aliphatic carbocycles. The summed E-state index contributed by atoms with van der Waals surface area (Å²) in [6.07, 6.45) is 2.09. The maximum Gasteiger partial charge on any atom is 0.251 e. The number of methoxy groups -OCH3 is 1. The van der Waals surface area contributed by atoms with Crippen LogP contribution in [0.3, 0.4) is 0 Å². The molecule has 0 aromatic heterocycles. The molecule has 1 heterocycles. The Morgan fingerprint density at radius 3 is 2.54 bits per heavy atom. The van der Waals surface area contributed by atoms with Crippen LogP contribution in [-0.2, 0) is 0 Å². The number of rotatable bonds is 4. The predicted molar refractivity (Wildman–Crippen MR) is 94.5 cm³/mol. The zero-order valence-corrected chi connectivity index (χ0v) is 14.1. The third kappa shape index (κ3) is 3.27. The Bertz CT molecular complexity index is 776. The summed E-state index contributed by atoms with van der Waals surface area (Å²) in [5.74, 6) is 1.48. The first-order valence-corrected chi connectivity index (χ1v) is 7.91. The van der Waals surface area contributed by atoms with Crippen molar-refractivity contribution in [3.05, 3.63) is 65.2 Å². The second-order valence-electron chi connectivity index (χ2n) is 6.23. The first-order valence-electron chi connectivity index (χ1n) is 7.91. The lowest BCUT2D eigenvalue weighted by Crippen LogP contribution is -2.39. The third-order valence-electron chi connectivity index (χ3n) is 4.18. The van der Waals surface area contributed by atoms with Crippen LogP contribution < -0.4 is 14.8 Å².